The molecule has 0 saturated heterocycles. The number of alkyl halides is 3. The lowest BCUT2D eigenvalue weighted by Gasteiger charge is -2.20. The van der Waals surface area contributed by atoms with E-state index in [4.69, 9.17) is 5.73 Å². The fourth-order valence-corrected chi connectivity index (χ4v) is 1.03. The van der Waals surface area contributed by atoms with Crippen molar-refractivity contribution in [2.24, 2.45) is 0 Å². The zero-order chi connectivity index (χ0) is 10.8. The van der Waals surface area contributed by atoms with Crippen molar-refractivity contribution in [1.29, 1.82) is 0 Å². The summed E-state index contributed by atoms with van der Waals surface area (Å²) < 4.78 is 36.0. The Labute approximate surface area is 79.3 Å². The van der Waals surface area contributed by atoms with Crippen LogP contribution in [0, 0.1) is 0 Å². The molecule has 3 nitrogen and oxygen atoms in total. The highest BCUT2D eigenvalue weighted by molar-refractivity contribution is 5.51. The maximum atomic E-state index is 12.0. The molecule has 0 amide bonds. The van der Waals surface area contributed by atoms with Crippen LogP contribution in [0.2, 0.25) is 0 Å². The average molecular weight is 205 g/mol. The Morgan fingerprint density at radius 2 is 2.14 bits per heavy atom. The molecule has 0 radical (unpaired) electrons. The number of halogens is 3. The minimum absolute atomic E-state index is 0.205. The van der Waals surface area contributed by atoms with Crippen molar-refractivity contribution in [2.45, 2.75) is 6.18 Å². The van der Waals surface area contributed by atoms with E-state index < -0.39 is 12.7 Å². The zero-order valence-corrected chi connectivity index (χ0v) is 7.54. The second-order valence-electron chi connectivity index (χ2n) is 2.91. The number of nitrogen functional groups attached to an aromatic ring is 1. The summed E-state index contributed by atoms with van der Waals surface area (Å²) in [6.45, 7) is -1.00. The van der Waals surface area contributed by atoms with Crippen LogP contribution in [0.25, 0.3) is 0 Å². The van der Waals surface area contributed by atoms with Crippen LogP contribution < -0.4 is 10.6 Å². The molecule has 0 aliphatic rings. The maximum absolute atomic E-state index is 12.0. The topological polar surface area (TPSA) is 42.2 Å². The van der Waals surface area contributed by atoms with Crippen molar-refractivity contribution in [3.63, 3.8) is 0 Å². The van der Waals surface area contributed by atoms with Gasteiger partial charge < -0.3 is 10.6 Å². The van der Waals surface area contributed by atoms with Gasteiger partial charge in [-0.05, 0) is 6.07 Å². The molecule has 0 atom stereocenters. The van der Waals surface area contributed by atoms with Crippen molar-refractivity contribution in [1.82, 2.24) is 4.98 Å². The van der Waals surface area contributed by atoms with Gasteiger partial charge in [0.1, 0.15) is 12.4 Å². The smallest absolute Gasteiger partial charge is 0.384 e. The predicted molar refractivity (Wildman–Crippen MR) is 48.0 cm³/mol. The highest BCUT2D eigenvalue weighted by atomic mass is 19.4. The number of pyridine rings is 1. The van der Waals surface area contributed by atoms with Crippen molar-refractivity contribution in [2.75, 3.05) is 24.2 Å². The molecule has 1 rings (SSSR count). The number of hydrogen-bond acceptors (Lipinski definition) is 3. The number of aromatic nitrogens is 1. The summed E-state index contributed by atoms with van der Waals surface area (Å²) in [5, 5.41) is 0. The van der Waals surface area contributed by atoms with E-state index in [-0.39, 0.29) is 5.82 Å². The molecule has 0 aromatic carbocycles. The lowest BCUT2D eigenvalue weighted by Crippen LogP contribution is -2.30. The first-order valence-electron chi connectivity index (χ1n) is 3.88. The monoisotopic (exact) mass is 205 g/mol. The minimum Gasteiger partial charge on any atom is -0.384 e. The van der Waals surface area contributed by atoms with E-state index in [1.54, 1.807) is 0 Å². The molecule has 0 fully saturated rings. The van der Waals surface area contributed by atoms with Gasteiger partial charge in [0.15, 0.2) is 0 Å². The minimum atomic E-state index is -4.22. The predicted octanol–water partition coefficient (Wildman–Crippen LogP) is 1.66. The quantitative estimate of drug-likeness (QED) is 0.798. The Kier molecular flexibility index (Phi) is 2.83. The van der Waals surface area contributed by atoms with Gasteiger partial charge in [0.05, 0.1) is 0 Å². The molecule has 78 valence electrons. The molecule has 0 aliphatic heterocycles. The summed E-state index contributed by atoms with van der Waals surface area (Å²) in [6.07, 6.45) is -2.84. The Balaban J connectivity index is 2.74. The Morgan fingerprint density at radius 1 is 1.50 bits per heavy atom. The third-order valence-corrected chi connectivity index (χ3v) is 1.62. The lowest BCUT2D eigenvalue weighted by molar-refractivity contribution is -0.119. The van der Waals surface area contributed by atoms with E-state index in [0.717, 1.165) is 4.90 Å². The highest BCUT2D eigenvalue weighted by Crippen LogP contribution is 2.21. The SMILES string of the molecule is CN(CC(F)(F)F)c1ccnc(N)c1. The van der Waals surface area contributed by atoms with Gasteiger partial charge in [-0.15, -0.1) is 0 Å². The van der Waals surface area contributed by atoms with Crippen LogP contribution in [0.3, 0.4) is 0 Å². The number of hydrogen-bond donors (Lipinski definition) is 1. The summed E-state index contributed by atoms with van der Waals surface area (Å²) in [6, 6.07) is 2.87. The number of rotatable bonds is 2. The molecule has 0 spiro atoms. The van der Waals surface area contributed by atoms with Gasteiger partial charge in [-0.1, -0.05) is 0 Å². The van der Waals surface area contributed by atoms with Crippen molar-refractivity contribution < 1.29 is 13.2 Å². The third kappa shape index (κ3) is 3.12. The van der Waals surface area contributed by atoms with Gasteiger partial charge in [0.25, 0.3) is 0 Å². The van der Waals surface area contributed by atoms with Crippen molar-refractivity contribution in [3.8, 4) is 0 Å². The van der Waals surface area contributed by atoms with Crippen LogP contribution >= 0.6 is 0 Å². The normalized spacial score (nSPS) is 11.4. The maximum Gasteiger partial charge on any atom is 0.405 e. The average Bonchev–Trinajstić information content (AvgIpc) is 2.01. The van der Waals surface area contributed by atoms with Gasteiger partial charge in [-0.25, -0.2) is 4.98 Å². The molecule has 1 aromatic heterocycles. The van der Waals surface area contributed by atoms with Gasteiger partial charge in [-0.3, -0.25) is 0 Å². The molecule has 14 heavy (non-hydrogen) atoms. The standard InChI is InChI=1S/C8H10F3N3/c1-14(5-8(9,10)11)6-2-3-13-7(12)4-6/h2-4H,5H2,1H3,(H2,12,13). The van der Waals surface area contributed by atoms with Gasteiger partial charge in [0.2, 0.25) is 0 Å². The summed E-state index contributed by atoms with van der Waals surface area (Å²) in [5.74, 6) is 0.205. The van der Waals surface area contributed by atoms with E-state index in [1.807, 2.05) is 0 Å². The molecule has 1 aromatic rings. The van der Waals surface area contributed by atoms with Crippen molar-refractivity contribution >= 4 is 11.5 Å². The third-order valence-electron chi connectivity index (χ3n) is 1.62. The van der Waals surface area contributed by atoms with Crippen LogP contribution in [-0.4, -0.2) is 24.8 Å². The molecule has 0 aliphatic carbocycles. The van der Waals surface area contributed by atoms with Crippen molar-refractivity contribution in [3.05, 3.63) is 18.3 Å². The molecule has 0 unspecified atom stereocenters. The van der Waals surface area contributed by atoms with E-state index in [1.165, 1.54) is 25.4 Å². The summed E-state index contributed by atoms with van der Waals surface area (Å²) in [7, 11) is 1.35. The van der Waals surface area contributed by atoms with E-state index in [0.29, 0.717) is 5.69 Å². The fourth-order valence-electron chi connectivity index (χ4n) is 1.03. The second kappa shape index (κ2) is 3.73. The fraction of sp³-hybridized carbons (Fsp3) is 0.375. The summed E-state index contributed by atoms with van der Waals surface area (Å²) >= 11 is 0. The first-order chi connectivity index (χ1) is 6.38. The van der Waals surface area contributed by atoms with Crippen LogP contribution in [0.5, 0.6) is 0 Å². The summed E-state index contributed by atoms with van der Waals surface area (Å²) in [5.41, 5.74) is 5.74. The van der Waals surface area contributed by atoms with Crippen LogP contribution in [0.1, 0.15) is 0 Å². The van der Waals surface area contributed by atoms with E-state index >= 15 is 0 Å². The van der Waals surface area contributed by atoms with Gasteiger partial charge in [-0.2, -0.15) is 13.2 Å². The molecule has 0 saturated carbocycles. The number of nitrogens with zero attached hydrogens (tertiary/aromatic N) is 2. The van der Waals surface area contributed by atoms with Crippen LogP contribution in [0.15, 0.2) is 18.3 Å². The molecule has 6 heteroatoms. The zero-order valence-electron chi connectivity index (χ0n) is 7.54. The largest absolute Gasteiger partial charge is 0.405 e. The lowest BCUT2D eigenvalue weighted by atomic mass is 10.3. The Morgan fingerprint density at radius 3 is 2.64 bits per heavy atom. The van der Waals surface area contributed by atoms with Crippen LogP contribution in [-0.2, 0) is 0 Å². The molecular weight excluding hydrogens is 195 g/mol. The number of nitrogens with two attached hydrogens (primary N) is 1. The highest BCUT2D eigenvalue weighted by Gasteiger charge is 2.29. The van der Waals surface area contributed by atoms with Gasteiger partial charge >= 0.3 is 6.18 Å². The first-order valence-corrected chi connectivity index (χ1v) is 3.88. The second-order valence-corrected chi connectivity index (χ2v) is 2.91. The number of anilines is 2. The van der Waals surface area contributed by atoms with Crippen LogP contribution in [0.4, 0.5) is 24.7 Å². The molecule has 2 N–H and O–H groups in total. The molecule has 1 heterocycles. The van der Waals surface area contributed by atoms with Gasteiger partial charge in [0, 0.05) is 25.0 Å². The summed E-state index contributed by atoms with van der Waals surface area (Å²) in [4.78, 5) is 4.76. The Hall–Kier alpha value is -1.46. The molecular formula is C8H10F3N3. The molecule has 0 bridgehead atoms. The van der Waals surface area contributed by atoms with E-state index in [9.17, 15) is 13.2 Å². The Bertz CT molecular complexity index is 311. The first kappa shape index (κ1) is 10.6. The van der Waals surface area contributed by atoms with E-state index in [2.05, 4.69) is 4.98 Å².